The van der Waals surface area contributed by atoms with E-state index in [0.717, 1.165) is 24.4 Å². The number of hydrogen-bond donors (Lipinski definition) is 2. The molecule has 0 atom stereocenters. The number of aromatic nitrogens is 2. The molecule has 106 valence electrons. The van der Waals surface area contributed by atoms with E-state index in [-0.39, 0.29) is 11.0 Å². The molecule has 1 saturated carbocycles. The van der Waals surface area contributed by atoms with E-state index in [0.29, 0.717) is 0 Å². The fourth-order valence-corrected chi connectivity index (χ4v) is 2.46. The van der Waals surface area contributed by atoms with Crippen molar-refractivity contribution in [2.75, 3.05) is 0 Å². The largest absolute Gasteiger partial charge is 0.340 e. The third kappa shape index (κ3) is 2.27. The van der Waals surface area contributed by atoms with Crippen LogP contribution in [0.3, 0.4) is 0 Å². The highest BCUT2D eigenvalue weighted by Gasteiger charge is 2.42. The van der Waals surface area contributed by atoms with Gasteiger partial charge in [0, 0.05) is 5.56 Å². The van der Waals surface area contributed by atoms with Crippen molar-refractivity contribution in [2.45, 2.75) is 51.5 Å². The van der Waals surface area contributed by atoms with E-state index in [2.05, 4.69) is 55.9 Å². The first kappa shape index (κ1) is 13.4. The van der Waals surface area contributed by atoms with Gasteiger partial charge in [-0.15, -0.1) is 0 Å². The first-order chi connectivity index (χ1) is 9.29. The number of H-pyrrole nitrogens is 1. The number of imidazole rings is 1. The highest BCUT2D eigenvalue weighted by atomic mass is 15.0. The van der Waals surface area contributed by atoms with Crippen molar-refractivity contribution in [1.29, 1.82) is 0 Å². The second-order valence-corrected chi connectivity index (χ2v) is 7.08. The Morgan fingerprint density at radius 2 is 1.95 bits per heavy atom. The molecule has 20 heavy (non-hydrogen) atoms. The molecule has 0 radical (unpaired) electrons. The molecule has 2 aromatic rings. The Morgan fingerprint density at radius 1 is 1.25 bits per heavy atom. The molecular weight excluding hydrogens is 246 g/mol. The van der Waals surface area contributed by atoms with Crippen LogP contribution in [0.4, 0.5) is 0 Å². The number of nitrogens with two attached hydrogens (primary N) is 1. The molecule has 1 aromatic heterocycles. The van der Waals surface area contributed by atoms with Gasteiger partial charge in [-0.3, -0.25) is 0 Å². The summed E-state index contributed by atoms with van der Waals surface area (Å²) in [6.45, 7) is 8.84. The summed E-state index contributed by atoms with van der Waals surface area (Å²) in [4.78, 5) is 7.89. The molecule has 1 aliphatic carbocycles. The summed E-state index contributed by atoms with van der Waals surface area (Å²) >= 11 is 0. The van der Waals surface area contributed by atoms with Gasteiger partial charge in [0.05, 0.1) is 17.4 Å². The average Bonchev–Trinajstić information content (AvgIpc) is 2.91. The van der Waals surface area contributed by atoms with Gasteiger partial charge in [0.1, 0.15) is 5.82 Å². The number of benzene rings is 1. The van der Waals surface area contributed by atoms with Crippen LogP contribution in [0.5, 0.6) is 0 Å². The molecular formula is C17H23N3. The molecule has 0 unspecified atom stereocenters. The molecule has 1 fully saturated rings. The molecule has 0 saturated heterocycles. The van der Waals surface area contributed by atoms with E-state index >= 15 is 0 Å². The van der Waals surface area contributed by atoms with Crippen LogP contribution in [0.25, 0.3) is 11.3 Å². The maximum Gasteiger partial charge on any atom is 0.126 e. The lowest BCUT2D eigenvalue weighted by atomic mass is 9.85. The monoisotopic (exact) mass is 269 g/mol. The summed E-state index contributed by atoms with van der Waals surface area (Å²) in [6, 6.07) is 6.66. The molecule has 0 aliphatic heterocycles. The van der Waals surface area contributed by atoms with Crippen LogP contribution < -0.4 is 5.73 Å². The Labute approximate surface area is 120 Å². The van der Waals surface area contributed by atoms with Gasteiger partial charge in [-0.05, 0) is 42.4 Å². The normalized spacial score (nSPS) is 17.2. The maximum atomic E-state index is 6.20. The Kier molecular flexibility index (Phi) is 2.80. The smallest absolute Gasteiger partial charge is 0.126 e. The number of aryl methyl sites for hydroxylation is 1. The van der Waals surface area contributed by atoms with E-state index in [1.54, 1.807) is 0 Å². The van der Waals surface area contributed by atoms with Crippen LogP contribution in [0.15, 0.2) is 24.4 Å². The minimum Gasteiger partial charge on any atom is -0.340 e. The number of nitrogens with zero attached hydrogens (tertiary/aromatic N) is 1. The maximum absolute atomic E-state index is 6.20. The summed E-state index contributed by atoms with van der Waals surface area (Å²) < 4.78 is 0. The summed E-state index contributed by atoms with van der Waals surface area (Å²) in [7, 11) is 0. The van der Waals surface area contributed by atoms with E-state index < -0.39 is 0 Å². The van der Waals surface area contributed by atoms with Gasteiger partial charge in [0.2, 0.25) is 0 Å². The fourth-order valence-electron chi connectivity index (χ4n) is 2.46. The predicted molar refractivity (Wildman–Crippen MR) is 82.6 cm³/mol. The van der Waals surface area contributed by atoms with Crippen LogP contribution in [-0.4, -0.2) is 9.97 Å². The Bertz CT molecular complexity index is 642. The van der Waals surface area contributed by atoms with Gasteiger partial charge in [-0.2, -0.15) is 0 Å². The van der Waals surface area contributed by atoms with Crippen molar-refractivity contribution < 1.29 is 0 Å². The second-order valence-electron chi connectivity index (χ2n) is 7.08. The second kappa shape index (κ2) is 4.19. The zero-order valence-corrected chi connectivity index (χ0v) is 12.7. The van der Waals surface area contributed by atoms with E-state index in [4.69, 9.17) is 5.73 Å². The van der Waals surface area contributed by atoms with Crippen molar-refractivity contribution >= 4 is 0 Å². The van der Waals surface area contributed by atoms with Crippen LogP contribution in [0, 0.1) is 6.92 Å². The Morgan fingerprint density at radius 3 is 2.55 bits per heavy atom. The lowest BCUT2D eigenvalue weighted by Crippen LogP contribution is -2.20. The lowest BCUT2D eigenvalue weighted by molar-refractivity contribution is 0.590. The lowest BCUT2D eigenvalue weighted by Gasteiger charge is -2.20. The van der Waals surface area contributed by atoms with Crippen LogP contribution in [0.2, 0.25) is 0 Å². The average molecular weight is 269 g/mol. The molecule has 3 nitrogen and oxygen atoms in total. The number of nitrogens with one attached hydrogen (secondary N) is 1. The Balaban J connectivity index is 2.03. The molecule has 1 aromatic carbocycles. The van der Waals surface area contributed by atoms with Gasteiger partial charge < -0.3 is 10.7 Å². The highest BCUT2D eigenvalue weighted by Crippen LogP contribution is 2.41. The first-order valence-electron chi connectivity index (χ1n) is 7.25. The quantitative estimate of drug-likeness (QED) is 0.874. The summed E-state index contributed by atoms with van der Waals surface area (Å²) in [6.07, 6.45) is 3.97. The minimum atomic E-state index is -0.201. The molecule has 1 aliphatic rings. The van der Waals surface area contributed by atoms with Crippen molar-refractivity contribution in [3.63, 3.8) is 0 Å². The third-order valence-corrected chi connectivity index (χ3v) is 4.23. The number of hydrogen-bond acceptors (Lipinski definition) is 2. The van der Waals surface area contributed by atoms with Gasteiger partial charge in [-0.25, -0.2) is 4.98 Å². The van der Waals surface area contributed by atoms with Crippen molar-refractivity contribution in [3.05, 3.63) is 41.3 Å². The number of aromatic amines is 1. The number of rotatable bonds is 2. The molecule has 0 bridgehead atoms. The van der Waals surface area contributed by atoms with Crippen LogP contribution in [0.1, 0.15) is 50.6 Å². The van der Waals surface area contributed by atoms with Gasteiger partial charge in [-0.1, -0.05) is 32.9 Å². The highest BCUT2D eigenvalue weighted by molar-refractivity contribution is 5.64. The van der Waals surface area contributed by atoms with Crippen molar-refractivity contribution in [3.8, 4) is 11.3 Å². The van der Waals surface area contributed by atoms with Gasteiger partial charge >= 0.3 is 0 Å². The molecule has 0 amide bonds. The predicted octanol–water partition coefficient (Wildman–Crippen LogP) is 3.63. The topological polar surface area (TPSA) is 54.7 Å². The molecule has 3 N–H and O–H groups in total. The summed E-state index contributed by atoms with van der Waals surface area (Å²) in [5.41, 5.74) is 11.0. The SMILES string of the molecule is Cc1ccc(C(C)(C)C)cc1-c1cnc(C2(N)CC2)[nH]1. The minimum absolute atomic E-state index is 0.150. The fraction of sp³-hybridized carbons (Fsp3) is 0.471. The molecule has 0 spiro atoms. The van der Waals surface area contributed by atoms with Gasteiger partial charge in [0.25, 0.3) is 0 Å². The van der Waals surface area contributed by atoms with E-state index in [1.807, 2.05) is 6.20 Å². The van der Waals surface area contributed by atoms with Crippen molar-refractivity contribution in [1.82, 2.24) is 9.97 Å². The Hall–Kier alpha value is -1.61. The van der Waals surface area contributed by atoms with Crippen LogP contribution >= 0.6 is 0 Å². The molecule has 3 heteroatoms. The first-order valence-corrected chi connectivity index (χ1v) is 7.25. The molecule has 1 heterocycles. The summed E-state index contributed by atoms with van der Waals surface area (Å²) in [5, 5.41) is 0. The van der Waals surface area contributed by atoms with Gasteiger partial charge in [0.15, 0.2) is 0 Å². The third-order valence-electron chi connectivity index (χ3n) is 4.23. The zero-order valence-electron chi connectivity index (χ0n) is 12.7. The van der Waals surface area contributed by atoms with Crippen molar-refractivity contribution in [2.24, 2.45) is 5.73 Å². The zero-order chi connectivity index (χ0) is 14.5. The van der Waals surface area contributed by atoms with Crippen LogP contribution in [-0.2, 0) is 11.0 Å². The van der Waals surface area contributed by atoms with E-state index in [1.165, 1.54) is 16.7 Å². The van der Waals surface area contributed by atoms with E-state index in [9.17, 15) is 0 Å². The standard InChI is InChI=1S/C17H23N3/c1-11-5-6-12(16(2,3)4)9-13(11)14-10-19-15(20-14)17(18)7-8-17/h5-6,9-10H,7-8,18H2,1-4H3,(H,19,20). The molecule has 3 rings (SSSR count). The summed E-state index contributed by atoms with van der Waals surface area (Å²) in [5.74, 6) is 0.924.